The third-order valence-electron chi connectivity index (χ3n) is 22.1. The molecule has 4 atom stereocenters. The van der Waals surface area contributed by atoms with Crippen molar-refractivity contribution in [3.05, 3.63) is 306 Å². The molecule has 0 fully saturated rings. The van der Waals surface area contributed by atoms with Crippen molar-refractivity contribution < 1.29 is 9.30 Å². The molecule has 4 aliphatic rings. The molecular formula is C84H64N4O. The highest BCUT2D eigenvalue weighted by atomic mass is 16.5. The molecule has 0 amide bonds. The number of benzene rings is 11. The number of rotatable bonds is 6. The van der Waals surface area contributed by atoms with E-state index in [4.69, 9.17) is 9.72 Å². The molecule has 0 saturated carbocycles. The molecule has 11 aromatic carbocycles. The standard InChI is InChI=1S/C84H64N4O/c1-80(2,3)55-44-45-85-77(48-55)88-74-43-39-53(54-38-42-72-73(47-54)83(6)71-36-18-17-35-70(71)81(4)68-33-15-16-34-69(68)82(72,5)84(81,83)7)46-67(74)64-41-40-58(50-76(64)88)89-57-25-19-24-56(49-57)86-51-87-78-59(52-22-9-8-10-23-52)30-20-31-65(78)62-28-13-11-26-60(62)61-27-12-14-29-63(61)66-32-21-37-75(86)79(66)87/h8-50H,1-7H3. The minimum atomic E-state index is -0.234. The monoisotopic (exact) mass is 1140 g/mol. The van der Waals surface area contributed by atoms with E-state index >= 15 is 0 Å². The fraction of sp³-hybridized carbons (Fsp3) is 0.143. The Balaban J connectivity index is 0.776. The van der Waals surface area contributed by atoms with Gasteiger partial charge in [0.15, 0.2) is 0 Å². The second kappa shape index (κ2) is 18.1. The minimum Gasteiger partial charge on any atom is -0.458 e. The van der Waals surface area contributed by atoms with Crippen LogP contribution in [0.1, 0.15) is 87.4 Å². The number of imidazole rings is 1. The number of hydrogen-bond donors (Lipinski definition) is 0. The first-order valence-corrected chi connectivity index (χ1v) is 31.3. The molecule has 3 aliphatic carbocycles. The van der Waals surface area contributed by atoms with Crippen LogP contribution in [0.3, 0.4) is 0 Å². The Bertz CT molecular complexity index is 5360. The van der Waals surface area contributed by atoms with Crippen molar-refractivity contribution in [1.82, 2.24) is 14.1 Å². The SMILES string of the molecule is CC(C)(C)c1ccnc(-n2c3ccc(-c4ccc5c(c4)C4(C)c6ccccc6C6(C)c7ccccc7C5(C)C64C)cc3c3ccc(Oc4cccc(-n5[c-][n+]6c7c(cccc75)-c5ccccc5-c5ccccc5-c5cccc(-c7ccccc7)c5-6)c4)cc32)c1. The van der Waals surface area contributed by atoms with Crippen LogP contribution in [0.15, 0.2) is 261 Å². The molecule has 1 aliphatic heterocycles. The van der Waals surface area contributed by atoms with Crippen molar-refractivity contribution in [2.75, 3.05) is 0 Å². The zero-order valence-corrected chi connectivity index (χ0v) is 51.0. The Morgan fingerprint density at radius 3 is 1.65 bits per heavy atom. The van der Waals surface area contributed by atoms with Gasteiger partial charge < -0.3 is 4.74 Å². The van der Waals surface area contributed by atoms with E-state index in [-0.39, 0.29) is 27.1 Å². The average Bonchev–Trinajstić information content (AvgIpc) is 1.44. The highest BCUT2D eigenvalue weighted by molar-refractivity contribution is 6.11. The van der Waals surface area contributed by atoms with Crippen LogP contribution < -0.4 is 9.30 Å². The summed E-state index contributed by atoms with van der Waals surface area (Å²) in [6.07, 6.45) is 5.93. The number of pyridine rings is 1. The van der Waals surface area contributed by atoms with Crippen molar-refractivity contribution in [2.24, 2.45) is 5.41 Å². The molecule has 4 heterocycles. The summed E-state index contributed by atoms with van der Waals surface area (Å²) in [6, 6.07) is 94.3. The summed E-state index contributed by atoms with van der Waals surface area (Å²) in [5.74, 6) is 2.32. The molecule has 5 nitrogen and oxygen atoms in total. The molecule has 5 heteroatoms. The summed E-state index contributed by atoms with van der Waals surface area (Å²) >= 11 is 0. The molecule has 0 radical (unpaired) electrons. The Morgan fingerprint density at radius 1 is 0.404 bits per heavy atom. The predicted octanol–water partition coefficient (Wildman–Crippen LogP) is 20.2. The van der Waals surface area contributed by atoms with Crippen LogP contribution in [-0.2, 0) is 21.7 Å². The number of para-hydroxylation sites is 2. The first-order chi connectivity index (χ1) is 43.3. The maximum atomic E-state index is 7.07. The van der Waals surface area contributed by atoms with Gasteiger partial charge in [0.05, 0.1) is 33.4 Å². The average molecular weight is 1150 g/mol. The van der Waals surface area contributed by atoms with Gasteiger partial charge in [-0.2, -0.15) is 0 Å². The van der Waals surface area contributed by atoms with E-state index in [1.54, 1.807) is 0 Å². The Labute approximate surface area is 519 Å². The summed E-state index contributed by atoms with van der Waals surface area (Å²) in [7, 11) is 0. The highest BCUT2D eigenvalue weighted by Gasteiger charge is 2.79. The number of nitrogens with zero attached hydrogens (tertiary/aromatic N) is 4. The van der Waals surface area contributed by atoms with Crippen LogP contribution in [0, 0.1) is 11.7 Å². The molecular weight excluding hydrogens is 1080 g/mol. The maximum Gasteiger partial charge on any atom is 0.269 e. The van der Waals surface area contributed by atoms with E-state index < -0.39 is 0 Å². The van der Waals surface area contributed by atoms with Crippen molar-refractivity contribution in [3.63, 3.8) is 0 Å². The fourth-order valence-corrected chi connectivity index (χ4v) is 17.6. The second-order valence-electron chi connectivity index (χ2n) is 27.0. The van der Waals surface area contributed by atoms with Gasteiger partial charge in [-0.25, -0.2) is 4.98 Å². The van der Waals surface area contributed by atoms with Gasteiger partial charge in [0.25, 0.3) is 6.33 Å². The maximum absolute atomic E-state index is 7.07. The normalized spacial score (nSPS) is 19.8. The van der Waals surface area contributed by atoms with E-state index in [2.05, 4.69) is 323 Å². The van der Waals surface area contributed by atoms with Gasteiger partial charge in [-0.1, -0.05) is 237 Å². The van der Waals surface area contributed by atoms with Gasteiger partial charge in [-0.3, -0.25) is 13.7 Å². The van der Waals surface area contributed by atoms with E-state index in [0.717, 1.165) is 78.0 Å². The lowest BCUT2D eigenvalue weighted by Gasteiger charge is -2.49. The molecule has 3 aromatic heterocycles. The molecule has 0 N–H and O–H groups in total. The Morgan fingerprint density at radius 2 is 0.955 bits per heavy atom. The van der Waals surface area contributed by atoms with Crippen molar-refractivity contribution >= 4 is 32.8 Å². The van der Waals surface area contributed by atoms with Crippen molar-refractivity contribution in [1.29, 1.82) is 0 Å². The van der Waals surface area contributed by atoms with Crippen LogP contribution in [0.2, 0.25) is 0 Å². The van der Waals surface area contributed by atoms with Crippen LogP contribution in [0.5, 0.6) is 11.5 Å². The molecule has 18 rings (SSSR count). The van der Waals surface area contributed by atoms with Crippen LogP contribution in [0.25, 0.3) is 106 Å². The van der Waals surface area contributed by atoms with Gasteiger partial charge in [-0.05, 0) is 161 Å². The molecule has 0 spiro atoms. The molecule has 14 aromatic rings. The van der Waals surface area contributed by atoms with E-state index in [1.165, 1.54) is 72.3 Å². The lowest BCUT2D eigenvalue weighted by Crippen LogP contribution is -2.51. The second-order valence-corrected chi connectivity index (χ2v) is 27.0. The minimum absolute atomic E-state index is 0.0820. The summed E-state index contributed by atoms with van der Waals surface area (Å²) < 4.78 is 13.9. The molecule has 4 unspecified atom stereocenters. The zero-order chi connectivity index (χ0) is 59.9. The highest BCUT2D eigenvalue weighted by Crippen LogP contribution is 2.82. The van der Waals surface area contributed by atoms with Crippen molar-refractivity contribution in [2.45, 2.75) is 70.1 Å². The summed E-state index contributed by atoms with van der Waals surface area (Å²) in [5, 5.41) is 2.29. The Hall–Kier alpha value is -10.4. The smallest absolute Gasteiger partial charge is 0.269 e. The van der Waals surface area contributed by atoms with Gasteiger partial charge in [0.1, 0.15) is 17.3 Å². The van der Waals surface area contributed by atoms with Crippen LogP contribution in [0.4, 0.5) is 0 Å². The first-order valence-electron chi connectivity index (χ1n) is 31.3. The largest absolute Gasteiger partial charge is 0.458 e. The summed E-state index contributed by atoms with van der Waals surface area (Å²) in [4.78, 5) is 5.12. The Kier molecular flexibility index (Phi) is 10.6. The lowest BCUT2D eigenvalue weighted by molar-refractivity contribution is -0.570. The molecule has 0 bridgehead atoms. The third kappa shape index (κ3) is 6.69. The van der Waals surface area contributed by atoms with E-state index in [9.17, 15) is 0 Å². The lowest BCUT2D eigenvalue weighted by atomic mass is 9.52. The quantitative estimate of drug-likeness (QED) is 0.123. The summed E-state index contributed by atoms with van der Waals surface area (Å²) in [6.45, 7) is 17.0. The van der Waals surface area contributed by atoms with Gasteiger partial charge in [0.2, 0.25) is 0 Å². The van der Waals surface area contributed by atoms with Gasteiger partial charge in [0, 0.05) is 44.7 Å². The van der Waals surface area contributed by atoms with Gasteiger partial charge in [-0.15, -0.1) is 0 Å². The molecule has 89 heavy (non-hydrogen) atoms. The van der Waals surface area contributed by atoms with Crippen LogP contribution >= 0.6 is 0 Å². The topological polar surface area (TPSA) is 35.9 Å². The summed E-state index contributed by atoms with van der Waals surface area (Å²) in [5.41, 5.74) is 27.1. The van der Waals surface area contributed by atoms with E-state index in [0.29, 0.717) is 5.75 Å². The number of aromatic nitrogens is 4. The van der Waals surface area contributed by atoms with E-state index in [1.807, 2.05) is 6.20 Å². The van der Waals surface area contributed by atoms with Crippen LogP contribution in [-0.4, -0.2) is 14.1 Å². The van der Waals surface area contributed by atoms with Crippen molar-refractivity contribution in [3.8, 4) is 84.3 Å². The fourth-order valence-electron chi connectivity index (χ4n) is 17.6. The molecule has 0 saturated heterocycles. The number of fused-ring (bicyclic) bond motifs is 19. The zero-order valence-electron chi connectivity index (χ0n) is 51.0. The predicted molar refractivity (Wildman–Crippen MR) is 362 cm³/mol. The molecule has 426 valence electrons. The van der Waals surface area contributed by atoms with Gasteiger partial charge >= 0.3 is 0 Å². The third-order valence-corrected chi connectivity index (χ3v) is 22.1. The number of hydrogen-bond acceptors (Lipinski definition) is 2. The number of ether oxygens (including phenoxy) is 1. The first kappa shape index (κ1) is 51.8.